The maximum atomic E-state index is 12.4. The lowest BCUT2D eigenvalue weighted by Crippen LogP contribution is -2.13. The standard InChI is InChI=1S/C26H28N2O4.C2H6/c1-4-8-16(5-2)14-28-20-12-7-11-19(26(27)30)23(20)24-21(32-15-22(29)31-3)13-17-9-6-10-18(17)25(24)28;1-2/h4-5,7-8,11-13H,6,9-10,14-15H2,1-3H3,(H2,27,30);1-2H3/b8-4-,16-5+;. The number of aromatic nitrogens is 1. The number of rotatable bonds is 7. The van der Waals surface area contributed by atoms with Crippen LogP contribution in [-0.2, 0) is 28.9 Å². The van der Waals surface area contributed by atoms with E-state index in [0.29, 0.717) is 17.9 Å². The monoisotopic (exact) mass is 462 g/mol. The lowest BCUT2D eigenvalue weighted by atomic mass is 10.0. The molecule has 0 bridgehead atoms. The SMILES string of the molecule is C/C=C\C(=C/C)Cn1c2cccc(C(N)=O)c2c2c(OCC(=O)OC)cc3c(c21)CCC3.CC. The van der Waals surface area contributed by atoms with Crippen LogP contribution in [0.3, 0.4) is 0 Å². The second kappa shape index (κ2) is 11.1. The molecule has 2 aromatic carbocycles. The van der Waals surface area contributed by atoms with E-state index in [1.807, 2.05) is 52.0 Å². The number of hydrogen-bond donors (Lipinski definition) is 1. The van der Waals surface area contributed by atoms with Crippen molar-refractivity contribution in [3.63, 3.8) is 0 Å². The van der Waals surface area contributed by atoms with Crippen molar-refractivity contribution in [3.05, 3.63) is 64.8 Å². The average molecular weight is 463 g/mol. The molecule has 0 aliphatic heterocycles. The summed E-state index contributed by atoms with van der Waals surface area (Å²) in [4.78, 5) is 24.2. The number of amides is 1. The first-order chi connectivity index (χ1) is 16.5. The molecule has 1 aliphatic carbocycles. The summed E-state index contributed by atoms with van der Waals surface area (Å²) >= 11 is 0. The van der Waals surface area contributed by atoms with Crippen molar-refractivity contribution in [1.29, 1.82) is 0 Å². The topological polar surface area (TPSA) is 83.5 Å². The van der Waals surface area contributed by atoms with Gasteiger partial charge in [-0.3, -0.25) is 4.79 Å². The molecule has 3 aromatic rings. The largest absolute Gasteiger partial charge is 0.481 e. The molecule has 1 amide bonds. The van der Waals surface area contributed by atoms with E-state index in [9.17, 15) is 9.59 Å². The van der Waals surface area contributed by atoms with Gasteiger partial charge >= 0.3 is 5.97 Å². The fraction of sp³-hybridized carbons (Fsp3) is 0.357. The van der Waals surface area contributed by atoms with Gasteiger partial charge in [0.05, 0.1) is 23.5 Å². The van der Waals surface area contributed by atoms with E-state index in [0.717, 1.165) is 46.6 Å². The molecule has 1 aromatic heterocycles. The highest BCUT2D eigenvalue weighted by Crippen LogP contribution is 2.43. The number of carbonyl (C=O) groups excluding carboxylic acids is 2. The number of nitrogens with two attached hydrogens (primary N) is 1. The molecule has 34 heavy (non-hydrogen) atoms. The van der Waals surface area contributed by atoms with Crippen LogP contribution in [0.15, 0.2) is 48.1 Å². The fourth-order valence-electron chi connectivity index (χ4n) is 4.70. The minimum Gasteiger partial charge on any atom is -0.481 e. The smallest absolute Gasteiger partial charge is 0.343 e. The quantitative estimate of drug-likeness (QED) is 0.372. The number of methoxy groups -OCH3 is 1. The average Bonchev–Trinajstić information content (AvgIpc) is 3.45. The van der Waals surface area contributed by atoms with Gasteiger partial charge in [-0.15, -0.1) is 0 Å². The molecule has 6 nitrogen and oxygen atoms in total. The van der Waals surface area contributed by atoms with E-state index < -0.39 is 11.9 Å². The molecular weight excluding hydrogens is 428 g/mol. The minimum atomic E-state index is -0.492. The van der Waals surface area contributed by atoms with Crippen LogP contribution in [0.1, 0.15) is 55.6 Å². The van der Waals surface area contributed by atoms with Crippen molar-refractivity contribution in [1.82, 2.24) is 4.57 Å². The highest BCUT2D eigenvalue weighted by molar-refractivity contribution is 6.20. The lowest BCUT2D eigenvalue weighted by molar-refractivity contribution is -0.142. The highest BCUT2D eigenvalue weighted by atomic mass is 16.6. The molecule has 1 heterocycles. The summed E-state index contributed by atoms with van der Waals surface area (Å²) in [5, 5.41) is 1.59. The predicted molar refractivity (Wildman–Crippen MR) is 137 cm³/mol. The molecule has 0 radical (unpaired) electrons. The Balaban J connectivity index is 0.00000158. The van der Waals surface area contributed by atoms with Crippen molar-refractivity contribution in [2.75, 3.05) is 13.7 Å². The van der Waals surface area contributed by atoms with Crippen LogP contribution in [0.4, 0.5) is 0 Å². The number of fused-ring (bicyclic) bond motifs is 5. The Hall–Kier alpha value is -3.54. The van der Waals surface area contributed by atoms with Gasteiger partial charge in [0.1, 0.15) is 5.75 Å². The van der Waals surface area contributed by atoms with Crippen molar-refractivity contribution < 1.29 is 19.1 Å². The number of ether oxygens (including phenoxy) is 2. The van der Waals surface area contributed by atoms with Gasteiger partial charge in [0.15, 0.2) is 6.61 Å². The Labute approximate surface area is 201 Å². The zero-order valence-corrected chi connectivity index (χ0v) is 20.7. The maximum absolute atomic E-state index is 12.4. The Morgan fingerprint density at radius 1 is 1.15 bits per heavy atom. The molecule has 180 valence electrons. The molecule has 6 heteroatoms. The minimum absolute atomic E-state index is 0.200. The number of aryl methyl sites for hydroxylation is 2. The molecule has 0 atom stereocenters. The van der Waals surface area contributed by atoms with E-state index in [-0.39, 0.29) is 6.61 Å². The number of carbonyl (C=O) groups is 2. The number of nitrogens with zero attached hydrogens (tertiary/aromatic N) is 1. The van der Waals surface area contributed by atoms with E-state index in [4.69, 9.17) is 15.2 Å². The summed E-state index contributed by atoms with van der Waals surface area (Å²) in [6.07, 6.45) is 9.17. The second-order valence-corrected chi connectivity index (χ2v) is 7.97. The lowest BCUT2D eigenvalue weighted by Gasteiger charge is -2.14. The first-order valence-electron chi connectivity index (χ1n) is 11.9. The van der Waals surface area contributed by atoms with Gasteiger partial charge in [-0.25, -0.2) is 4.79 Å². The highest BCUT2D eigenvalue weighted by Gasteiger charge is 2.26. The molecule has 2 N–H and O–H groups in total. The fourth-order valence-corrected chi connectivity index (χ4v) is 4.70. The molecule has 0 saturated heterocycles. The number of hydrogen-bond acceptors (Lipinski definition) is 4. The zero-order chi connectivity index (χ0) is 24.8. The van der Waals surface area contributed by atoms with Crippen LogP contribution in [0.2, 0.25) is 0 Å². The van der Waals surface area contributed by atoms with E-state index >= 15 is 0 Å². The van der Waals surface area contributed by atoms with Crippen molar-refractivity contribution in [3.8, 4) is 5.75 Å². The summed E-state index contributed by atoms with van der Waals surface area (Å²) in [5.41, 5.74) is 11.8. The number of esters is 1. The van der Waals surface area contributed by atoms with Crippen LogP contribution in [0.5, 0.6) is 5.75 Å². The summed E-state index contributed by atoms with van der Waals surface area (Å²) in [5.74, 6) is -0.368. The van der Waals surface area contributed by atoms with Gasteiger partial charge in [-0.1, -0.05) is 38.1 Å². The number of allylic oxidation sites excluding steroid dienone is 4. The van der Waals surface area contributed by atoms with E-state index in [2.05, 4.69) is 16.7 Å². The molecule has 0 saturated carbocycles. The third kappa shape index (κ3) is 4.58. The summed E-state index contributed by atoms with van der Waals surface area (Å²) in [6, 6.07) is 7.63. The van der Waals surface area contributed by atoms with Gasteiger partial charge in [-0.05, 0) is 68.0 Å². The van der Waals surface area contributed by atoms with Gasteiger partial charge in [0, 0.05) is 17.5 Å². The van der Waals surface area contributed by atoms with Crippen LogP contribution in [0, 0.1) is 0 Å². The first-order valence-corrected chi connectivity index (χ1v) is 11.9. The molecule has 0 spiro atoms. The van der Waals surface area contributed by atoms with Gasteiger partial charge in [0.25, 0.3) is 0 Å². The third-order valence-corrected chi connectivity index (χ3v) is 6.12. The molecule has 4 rings (SSSR count). The summed E-state index contributed by atoms with van der Waals surface area (Å²) in [7, 11) is 1.33. The maximum Gasteiger partial charge on any atom is 0.343 e. The molecule has 0 fully saturated rings. The molecule has 0 unspecified atom stereocenters. The zero-order valence-electron chi connectivity index (χ0n) is 20.7. The normalized spacial score (nSPS) is 13.1. The van der Waals surface area contributed by atoms with Crippen LogP contribution >= 0.6 is 0 Å². The predicted octanol–water partition coefficient (Wildman–Crippen LogP) is 5.48. The Morgan fingerprint density at radius 3 is 2.56 bits per heavy atom. The van der Waals surface area contributed by atoms with Crippen LogP contribution < -0.4 is 10.5 Å². The van der Waals surface area contributed by atoms with Gasteiger partial charge < -0.3 is 19.8 Å². The van der Waals surface area contributed by atoms with Crippen molar-refractivity contribution in [2.45, 2.75) is 53.5 Å². The first kappa shape index (κ1) is 25.1. The van der Waals surface area contributed by atoms with E-state index in [1.165, 1.54) is 18.2 Å². The number of benzene rings is 2. The molecule has 1 aliphatic rings. The van der Waals surface area contributed by atoms with Crippen LogP contribution in [0.25, 0.3) is 21.8 Å². The Kier molecular flexibility index (Phi) is 8.16. The molecular formula is C28H34N2O4. The van der Waals surface area contributed by atoms with Gasteiger partial charge in [0.2, 0.25) is 5.91 Å². The second-order valence-electron chi connectivity index (χ2n) is 7.97. The van der Waals surface area contributed by atoms with Crippen molar-refractivity contribution in [2.24, 2.45) is 5.73 Å². The Morgan fingerprint density at radius 2 is 1.91 bits per heavy atom. The van der Waals surface area contributed by atoms with E-state index in [1.54, 1.807) is 6.07 Å². The third-order valence-electron chi connectivity index (χ3n) is 6.12. The van der Waals surface area contributed by atoms with Crippen molar-refractivity contribution >= 4 is 33.7 Å². The Bertz CT molecular complexity index is 1280. The summed E-state index contributed by atoms with van der Waals surface area (Å²) < 4.78 is 13.0. The van der Waals surface area contributed by atoms with Gasteiger partial charge in [-0.2, -0.15) is 0 Å². The van der Waals surface area contributed by atoms with Crippen LogP contribution in [-0.4, -0.2) is 30.2 Å². The number of primary amides is 1. The summed E-state index contributed by atoms with van der Waals surface area (Å²) in [6.45, 7) is 8.47.